The molecule has 2 aromatic rings. The molecule has 5 nitrogen and oxygen atoms in total. The molecule has 0 aliphatic carbocycles. The van der Waals surface area contributed by atoms with Crippen LogP contribution in [0.1, 0.15) is 23.9 Å². The molecule has 0 bridgehead atoms. The highest BCUT2D eigenvalue weighted by molar-refractivity contribution is 6.30. The van der Waals surface area contributed by atoms with E-state index >= 15 is 0 Å². The Morgan fingerprint density at radius 1 is 1.52 bits per heavy atom. The summed E-state index contributed by atoms with van der Waals surface area (Å²) in [5.41, 5.74) is 1.32. The summed E-state index contributed by atoms with van der Waals surface area (Å²) in [5.74, 6) is -0.171. The minimum Gasteiger partial charge on any atom is -0.350 e. The molecule has 0 fully saturated rings. The molecule has 0 radical (unpaired) electrons. The number of hydrogen-bond acceptors (Lipinski definition) is 4. The fraction of sp³-hybridized carbons (Fsp3) is 0.267. The molecule has 0 spiro atoms. The summed E-state index contributed by atoms with van der Waals surface area (Å²) in [6, 6.07) is 10.6. The van der Waals surface area contributed by atoms with Crippen LogP contribution in [0.2, 0.25) is 5.02 Å². The topological polar surface area (TPSA) is 70.1 Å². The number of benzene rings is 1. The minimum atomic E-state index is -0.307. The van der Waals surface area contributed by atoms with Crippen molar-refractivity contribution in [3.63, 3.8) is 0 Å². The first-order valence-electron chi connectivity index (χ1n) is 6.39. The molecule has 1 unspecified atom stereocenters. The molecule has 0 saturated carbocycles. The Hall–Kier alpha value is -2.32. The molecule has 108 valence electrons. The molecule has 2 rings (SSSR count). The summed E-state index contributed by atoms with van der Waals surface area (Å²) < 4.78 is 5.10. The van der Waals surface area contributed by atoms with Crippen molar-refractivity contribution < 1.29 is 9.32 Å². The van der Waals surface area contributed by atoms with E-state index in [0.29, 0.717) is 10.7 Å². The van der Waals surface area contributed by atoms with Gasteiger partial charge in [-0.1, -0.05) is 28.9 Å². The lowest BCUT2D eigenvalue weighted by Crippen LogP contribution is -2.34. The van der Waals surface area contributed by atoms with Crippen molar-refractivity contribution >= 4 is 17.5 Å². The second kappa shape index (κ2) is 6.42. The van der Waals surface area contributed by atoms with Crippen LogP contribution in [0.15, 0.2) is 34.9 Å². The standard InChI is InChI=1S/C15H14ClN3O2/c1-10(6-7-17)19(2)15(20)14-9-13(18-21-14)11-4-3-5-12(16)8-11/h3-5,8-10H,6H2,1-2H3. The third kappa shape index (κ3) is 3.41. The zero-order chi connectivity index (χ0) is 15.4. The zero-order valence-corrected chi connectivity index (χ0v) is 12.5. The maximum atomic E-state index is 12.2. The SMILES string of the molecule is CC(CC#N)N(C)C(=O)c1cc(-c2cccc(Cl)c2)no1. The average Bonchev–Trinajstić information content (AvgIpc) is 2.95. The Labute approximate surface area is 127 Å². The highest BCUT2D eigenvalue weighted by Gasteiger charge is 2.21. The predicted molar refractivity (Wildman–Crippen MR) is 78.7 cm³/mol. The molecule has 0 aliphatic rings. The maximum Gasteiger partial charge on any atom is 0.292 e. The molecule has 1 aromatic carbocycles. The summed E-state index contributed by atoms with van der Waals surface area (Å²) in [6.07, 6.45) is 0.261. The van der Waals surface area contributed by atoms with E-state index in [9.17, 15) is 4.79 Å². The normalized spacial score (nSPS) is 11.7. The van der Waals surface area contributed by atoms with Gasteiger partial charge in [0.15, 0.2) is 0 Å². The number of amides is 1. The number of nitriles is 1. The van der Waals surface area contributed by atoms with Crippen LogP contribution in [0.3, 0.4) is 0 Å². The van der Waals surface area contributed by atoms with Crippen molar-refractivity contribution in [1.82, 2.24) is 10.1 Å². The van der Waals surface area contributed by atoms with Crippen LogP contribution in [0.4, 0.5) is 0 Å². The van der Waals surface area contributed by atoms with Gasteiger partial charge >= 0.3 is 0 Å². The van der Waals surface area contributed by atoms with Gasteiger partial charge in [-0.2, -0.15) is 5.26 Å². The number of halogens is 1. The van der Waals surface area contributed by atoms with Gasteiger partial charge in [-0.05, 0) is 19.1 Å². The quantitative estimate of drug-likeness (QED) is 0.868. The summed E-state index contributed by atoms with van der Waals surface area (Å²) in [6.45, 7) is 1.80. The number of aromatic nitrogens is 1. The minimum absolute atomic E-state index is 0.136. The number of hydrogen-bond donors (Lipinski definition) is 0. The van der Waals surface area contributed by atoms with Gasteiger partial charge in [-0.3, -0.25) is 4.79 Å². The van der Waals surface area contributed by atoms with E-state index < -0.39 is 0 Å². The van der Waals surface area contributed by atoms with E-state index in [4.69, 9.17) is 21.4 Å². The van der Waals surface area contributed by atoms with E-state index in [2.05, 4.69) is 5.16 Å². The van der Waals surface area contributed by atoms with Gasteiger partial charge in [0.25, 0.3) is 5.91 Å². The lowest BCUT2D eigenvalue weighted by atomic mass is 10.1. The molecule has 0 saturated heterocycles. The van der Waals surface area contributed by atoms with E-state index in [1.807, 2.05) is 12.1 Å². The van der Waals surface area contributed by atoms with Crippen LogP contribution < -0.4 is 0 Å². The van der Waals surface area contributed by atoms with Crippen molar-refractivity contribution in [2.24, 2.45) is 0 Å². The molecule has 0 aliphatic heterocycles. The number of rotatable bonds is 4. The van der Waals surface area contributed by atoms with Gasteiger partial charge in [0.05, 0.1) is 12.5 Å². The van der Waals surface area contributed by atoms with Crippen molar-refractivity contribution in [2.75, 3.05) is 7.05 Å². The van der Waals surface area contributed by atoms with Crippen LogP contribution in [-0.2, 0) is 0 Å². The van der Waals surface area contributed by atoms with Crippen molar-refractivity contribution in [3.8, 4) is 17.3 Å². The molecule has 1 aromatic heterocycles. The van der Waals surface area contributed by atoms with Crippen LogP contribution in [0.25, 0.3) is 11.3 Å². The van der Waals surface area contributed by atoms with Gasteiger partial charge in [-0.25, -0.2) is 0 Å². The third-order valence-corrected chi connectivity index (χ3v) is 3.44. The van der Waals surface area contributed by atoms with Crippen molar-refractivity contribution in [2.45, 2.75) is 19.4 Å². The largest absolute Gasteiger partial charge is 0.350 e. The number of nitrogens with zero attached hydrogens (tertiary/aromatic N) is 3. The fourth-order valence-electron chi connectivity index (χ4n) is 1.80. The molecule has 1 amide bonds. The van der Waals surface area contributed by atoms with Crippen molar-refractivity contribution in [1.29, 1.82) is 5.26 Å². The molecule has 6 heteroatoms. The summed E-state index contributed by atoms with van der Waals surface area (Å²) in [7, 11) is 1.63. The molecule has 1 heterocycles. The van der Waals surface area contributed by atoms with Crippen LogP contribution >= 0.6 is 11.6 Å². The zero-order valence-electron chi connectivity index (χ0n) is 11.7. The number of carbonyl (C=O) groups excluding carboxylic acids is 1. The van der Waals surface area contributed by atoms with Crippen LogP contribution in [-0.4, -0.2) is 29.1 Å². The molecular formula is C15H14ClN3O2. The van der Waals surface area contributed by atoms with Gasteiger partial charge in [0, 0.05) is 29.7 Å². The second-order valence-corrected chi connectivity index (χ2v) is 5.15. The van der Waals surface area contributed by atoms with E-state index in [0.717, 1.165) is 5.56 Å². The Morgan fingerprint density at radius 2 is 2.29 bits per heavy atom. The van der Waals surface area contributed by atoms with Gasteiger partial charge in [0.1, 0.15) is 5.69 Å². The first-order valence-corrected chi connectivity index (χ1v) is 6.77. The first kappa shape index (κ1) is 15.1. The Kier molecular flexibility index (Phi) is 4.61. The van der Waals surface area contributed by atoms with Crippen LogP contribution in [0, 0.1) is 11.3 Å². The van der Waals surface area contributed by atoms with Crippen LogP contribution in [0.5, 0.6) is 0 Å². The smallest absolute Gasteiger partial charge is 0.292 e. The second-order valence-electron chi connectivity index (χ2n) is 4.71. The van der Waals surface area contributed by atoms with E-state index in [1.165, 1.54) is 4.90 Å². The summed E-state index contributed by atoms with van der Waals surface area (Å²) in [4.78, 5) is 13.7. The number of carbonyl (C=O) groups is 1. The molecular weight excluding hydrogens is 290 g/mol. The van der Waals surface area contributed by atoms with E-state index in [1.54, 1.807) is 38.2 Å². The van der Waals surface area contributed by atoms with Gasteiger partial charge < -0.3 is 9.42 Å². The lowest BCUT2D eigenvalue weighted by molar-refractivity contribution is 0.0704. The third-order valence-electron chi connectivity index (χ3n) is 3.21. The Balaban J connectivity index is 2.20. The van der Waals surface area contributed by atoms with Gasteiger partial charge in [0.2, 0.25) is 5.76 Å². The van der Waals surface area contributed by atoms with Crippen molar-refractivity contribution in [3.05, 3.63) is 41.1 Å². The molecule has 21 heavy (non-hydrogen) atoms. The first-order chi connectivity index (χ1) is 10.0. The average molecular weight is 304 g/mol. The Bertz CT molecular complexity index is 690. The highest BCUT2D eigenvalue weighted by Crippen LogP contribution is 2.23. The molecule has 1 atom stereocenters. The predicted octanol–water partition coefficient (Wildman–Crippen LogP) is 3.37. The maximum absolute atomic E-state index is 12.2. The highest BCUT2D eigenvalue weighted by atomic mass is 35.5. The van der Waals surface area contributed by atoms with Gasteiger partial charge in [-0.15, -0.1) is 0 Å². The fourth-order valence-corrected chi connectivity index (χ4v) is 1.99. The summed E-state index contributed by atoms with van der Waals surface area (Å²) in [5, 5.41) is 13.2. The molecule has 0 N–H and O–H groups in total. The monoisotopic (exact) mass is 303 g/mol. The Morgan fingerprint density at radius 3 is 2.95 bits per heavy atom. The summed E-state index contributed by atoms with van der Waals surface area (Å²) >= 11 is 5.93. The van der Waals surface area contributed by atoms with E-state index in [-0.39, 0.29) is 24.1 Å². The lowest BCUT2D eigenvalue weighted by Gasteiger charge is -2.21.